The number of ether oxygens (including phenoxy) is 1. The summed E-state index contributed by atoms with van der Waals surface area (Å²) >= 11 is 0. The Morgan fingerprint density at radius 3 is 1.44 bits per heavy atom. The molecule has 55 heavy (non-hydrogen) atoms. The molecule has 0 heterocycles. The molecule has 0 radical (unpaired) electrons. The fraction of sp³-hybridized carbons (Fsp3) is 0.837. The third-order valence-corrected chi connectivity index (χ3v) is 10.7. The molecule has 322 valence electrons. The van der Waals surface area contributed by atoms with Crippen LogP contribution < -0.4 is 5.32 Å². The number of nitrogens with one attached hydrogen (secondary N) is 1. The highest BCUT2D eigenvalue weighted by Crippen LogP contribution is 2.15. The third kappa shape index (κ3) is 38.7. The number of hydrogen-bond donors (Lipinski definition) is 3. The third-order valence-electron chi connectivity index (χ3n) is 10.7. The van der Waals surface area contributed by atoms with E-state index >= 15 is 0 Å². The van der Waals surface area contributed by atoms with Gasteiger partial charge >= 0.3 is 5.97 Å². The van der Waals surface area contributed by atoms with Crippen LogP contribution in [-0.2, 0) is 14.3 Å². The van der Waals surface area contributed by atoms with Gasteiger partial charge in [-0.1, -0.05) is 199 Å². The maximum atomic E-state index is 13.1. The number of amides is 1. The predicted octanol–water partition coefficient (Wildman–Crippen LogP) is 13.7. The van der Waals surface area contributed by atoms with Crippen molar-refractivity contribution in [1.29, 1.82) is 0 Å². The van der Waals surface area contributed by atoms with Crippen LogP contribution in [0.25, 0.3) is 0 Å². The lowest BCUT2D eigenvalue weighted by atomic mass is 10.0. The standard InChI is InChI=1S/C49H91NO5/c1-4-7-10-13-16-19-21-22-23-24-25-27-30-33-36-39-42-49(54)55-45(40-37-34-31-29-26-20-17-14-11-8-5-2)43-48(53)50-46(44-51)47(52)41-38-35-32-28-18-15-12-9-6-3/h23-24,29,31,37,40,45-47,51-52H,4-22,25-28,30,32-36,38-39,41-44H2,1-3H3,(H,50,53)/b24-23+,31-29-,40-37+. The van der Waals surface area contributed by atoms with Crippen LogP contribution in [0, 0.1) is 0 Å². The van der Waals surface area contributed by atoms with Gasteiger partial charge in [-0.25, -0.2) is 0 Å². The lowest BCUT2D eigenvalue weighted by molar-refractivity contribution is -0.148. The smallest absolute Gasteiger partial charge is 0.306 e. The molecule has 0 aromatic carbocycles. The second-order valence-corrected chi connectivity index (χ2v) is 16.2. The molecule has 0 aliphatic carbocycles. The number of rotatable bonds is 42. The van der Waals surface area contributed by atoms with E-state index < -0.39 is 18.2 Å². The van der Waals surface area contributed by atoms with E-state index in [1.54, 1.807) is 0 Å². The maximum Gasteiger partial charge on any atom is 0.306 e. The molecule has 0 saturated carbocycles. The Balaban J connectivity index is 4.63. The van der Waals surface area contributed by atoms with Gasteiger partial charge in [0.1, 0.15) is 6.10 Å². The number of aliphatic hydroxyl groups excluding tert-OH is 2. The second kappa shape index (κ2) is 43.2. The molecule has 3 atom stereocenters. The molecule has 0 aromatic heterocycles. The molecule has 0 aliphatic rings. The van der Waals surface area contributed by atoms with Crippen LogP contribution in [0.5, 0.6) is 0 Å². The second-order valence-electron chi connectivity index (χ2n) is 16.2. The zero-order chi connectivity index (χ0) is 40.3. The summed E-state index contributed by atoms with van der Waals surface area (Å²) < 4.78 is 5.80. The molecule has 0 rings (SSSR count). The van der Waals surface area contributed by atoms with Crippen LogP contribution in [0.2, 0.25) is 0 Å². The number of allylic oxidation sites excluding steroid dienone is 5. The lowest BCUT2D eigenvalue weighted by Crippen LogP contribution is -2.46. The van der Waals surface area contributed by atoms with Gasteiger partial charge in [-0.05, 0) is 63.9 Å². The fourth-order valence-corrected chi connectivity index (χ4v) is 7.04. The average Bonchev–Trinajstić information content (AvgIpc) is 3.18. The summed E-state index contributed by atoms with van der Waals surface area (Å²) in [7, 11) is 0. The van der Waals surface area contributed by atoms with E-state index in [2.05, 4.69) is 50.4 Å². The van der Waals surface area contributed by atoms with Gasteiger partial charge in [0.25, 0.3) is 0 Å². The number of aliphatic hydroxyl groups is 2. The number of esters is 1. The largest absolute Gasteiger partial charge is 0.458 e. The average molecular weight is 774 g/mol. The van der Waals surface area contributed by atoms with Crippen molar-refractivity contribution in [3.8, 4) is 0 Å². The molecular formula is C49H91NO5. The van der Waals surface area contributed by atoms with Crippen LogP contribution >= 0.6 is 0 Å². The molecule has 3 N–H and O–H groups in total. The molecule has 0 saturated heterocycles. The molecule has 6 nitrogen and oxygen atoms in total. The summed E-state index contributed by atoms with van der Waals surface area (Å²) in [5.41, 5.74) is 0. The Hall–Kier alpha value is -1.92. The first kappa shape index (κ1) is 53.1. The van der Waals surface area contributed by atoms with E-state index in [0.717, 1.165) is 57.8 Å². The van der Waals surface area contributed by atoms with E-state index in [1.165, 1.54) is 141 Å². The Kier molecular flexibility index (Phi) is 41.7. The van der Waals surface area contributed by atoms with Crippen molar-refractivity contribution in [3.05, 3.63) is 36.5 Å². The van der Waals surface area contributed by atoms with Gasteiger partial charge in [0, 0.05) is 6.42 Å². The molecule has 0 fully saturated rings. The minimum Gasteiger partial charge on any atom is -0.458 e. The number of unbranched alkanes of at least 4 members (excludes halogenated alkanes) is 26. The van der Waals surface area contributed by atoms with Crippen LogP contribution in [0.4, 0.5) is 0 Å². The summed E-state index contributed by atoms with van der Waals surface area (Å²) in [6, 6.07) is -0.729. The predicted molar refractivity (Wildman–Crippen MR) is 236 cm³/mol. The zero-order valence-corrected chi connectivity index (χ0v) is 36.6. The quantitative estimate of drug-likeness (QED) is 0.0326. The molecule has 0 aromatic rings. The van der Waals surface area contributed by atoms with Crippen molar-refractivity contribution in [3.63, 3.8) is 0 Å². The fourth-order valence-electron chi connectivity index (χ4n) is 7.04. The van der Waals surface area contributed by atoms with Gasteiger partial charge in [-0.15, -0.1) is 0 Å². The highest BCUT2D eigenvalue weighted by Gasteiger charge is 2.23. The first-order chi connectivity index (χ1) is 27.0. The topological polar surface area (TPSA) is 95.9 Å². The van der Waals surface area contributed by atoms with Gasteiger partial charge in [-0.3, -0.25) is 9.59 Å². The number of carbonyl (C=O) groups is 2. The summed E-state index contributed by atoms with van der Waals surface area (Å²) in [6.45, 7) is 6.41. The molecule has 1 amide bonds. The Morgan fingerprint density at radius 2 is 0.964 bits per heavy atom. The van der Waals surface area contributed by atoms with Gasteiger partial charge < -0.3 is 20.3 Å². The molecule has 0 spiro atoms. The summed E-state index contributed by atoms with van der Waals surface area (Å²) in [4.78, 5) is 25.9. The normalized spacial score (nSPS) is 13.6. The van der Waals surface area contributed by atoms with Crippen LogP contribution in [0.1, 0.15) is 239 Å². The first-order valence-electron chi connectivity index (χ1n) is 23.7. The van der Waals surface area contributed by atoms with E-state index in [9.17, 15) is 19.8 Å². The number of hydrogen-bond acceptors (Lipinski definition) is 5. The molecule has 3 unspecified atom stereocenters. The van der Waals surface area contributed by atoms with Gasteiger partial charge in [0.05, 0.1) is 25.2 Å². The maximum absolute atomic E-state index is 13.1. The Bertz CT molecular complexity index is 915. The number of carbonyl (C=O) groups excluding carboxylic acids is 2. The Labute approximate surface area is 341 Å². The molecular weight excluding hydrogens is 683 g/mol. The lowest BCUT2D eigenvalue weighted by Gasteiger charge is -2.23. The summed E-state index contributed by atoms with van der Waals surface area (Å²) in [6.07, 6.45) is 49.5. The highest BCUT2D eigenvalue weighted by atomic mass is 16.5. The van der Waals surface area contributed by atoms with Crippen molar-refractivity contribution in [1.82, 2.24) is 5.32 Å². The van der Waals surface area contributed by atoms with Gasteiger partial charge in [0.2, 0.25) is 5.91 Å². The SMILES string of the molecule is CCCCCCCC/C=C\C/C=C/C(CC(=O)NC(CO)C(O)CCCCCCCCCCC)OC(=O)CCCCCCC/C=C/CCCCCCCCC. The zero-order valence-electron chi connectivity index (χ0n) is 36.6. The Morgan fingerprint density at radius 1 is 0.545 bits per heavy atom. The van der Waals surface area contributed by atoms with Crippen molar-refractivity contribution >= 4 is 11.9 Å². The van der Waals surface area contributed by atoms with Gasteiger partial charge in [0.15, 0.2) is 0 Å². The highest BCUT2D eigenvalue weighted by molar-refractivity contribution is 5.78. The van der Waals surface area contributed by atoms with Crippen LogP contribution in [0.15, 0.2) is 36.5 Å². The van der Waals surface area contributed by atoms with Crippen molar-refractivity contribution in [2.24, 2.45) is 0 Å². The summed E-state index contributed by atoms with van der Waals surface area (Å²) in [5, 5.41) is 23.5. The molecule has 0 bridgehead atoms. The first-order valence-corrected chi connectivity index (χ1v) is 23.7. The van der Waals surface area contributed by atoms with Crippen LogP contribution in [0.3, 0.4) is 0 Å². The van der Waals surface area contributed by atoms with Crippen molar-refractivity contribution < 1.29 is 24.5 Å². The van der Waals surface area contributed by atoms with E-state index in [-0.39, 0.29) is 24.9 Å². The molecule has 0 aliphatic heterocycles. The monoisotopic (exact) mass is 774 g/mol. The van der Waals surface area contributed by atoms with E-state index in [1.807, 2.05) is 12.2 Å². The van der Waals surface area contributed by atoms with Gasteiger partial charge in [-0.2, -0.15) is 0 Å². The molecule has 6 heteroatoms. The van der Waals surface area contributed by atoms with Crippen LogP contribution in [-0.4, -0.2) is 46.9 Å². The van der Waals surface area contributed by atoms with Crippen molar-refractivity contribution in [2.45, 2.75) is 257 Å². The van der Waals surface area contributed by atoms with Crippen molar-refractivity contribution in [2.75, 3.05) is 6.61 Å². The van der Waals surface area contributed by atoms with E-state index in [0.29, 0.717) is 12.8 Å². The summed E-state index contributed by atoms with van der Waals surface area (Å²) in [5.74, 6) is -0.610. The van der Waals surface area contributed by atoms with E-state index in [4.69, 9.17) is 4.74 Å². The minimum atomic E-state index is -0.808. The minimum absolute atomic E-state index is 0.0303.